The maximum absolute atomic E-state index is 12.9. The van der Waals surface area contributed by atoms with Crippen LogP contribution in [-0.2, 0) is 4.79 Å². The van der Waals surface area contributed by atoms with Crippen molar-refractivity contribution in [2.24, 2.45) is 5.92 Å². The smallest absolute Gasteiger partial charge is 0.225 e. The first-order chi connectivity index (χ1) is 15.7. The van der Waals surface area contributed by atoms with Crippen LogP contribution in [0.4, 0.5) is 10.3 Å². The molecule has 2 aliphatic heterocycles. The Balaban J connectivity index is 1.18. The molecule has 2 atom stereocenters. The third kappa shape index (κ3) is 6.16. The average Bonchev–Trinajstić information content (AvgIpc) is 3.17. The molecule has 2 saturated heterocycles. The Morgan fingerprint density at radius 1 is 1.12 bits per heavy atom. The quantitative estimate of drug-likeness (QED) is 0.572. The summed E-state index contributed by atoms with van der Waals surface area (Å²) in [5.41, 5.74) is 0. The summed E-state index contributed by atoms with van der Waals surface area (Å²) in [5, 5.41) is 3.40. The second kappa shape index (κ2) is 11.2. The van der Waals surface area contributed by atoms with E-state index in [1.54, 1.807) is 24.5 Å². The van der Waals surface area contributed by atoms with Crippen LogP contribution >= 0.6 is 0 Å². The van der Waals surface area contributed by atoms with Crippen molar-refractivity contribution in [2.75, 3.05) is 44.2 Å². The van der Waals surface area contributed by atoms with Crippen LogP contribution in [0, 0.1) is 11.7 Å². The van der Waals surface area contributed by atoms with E-state index in [0.29, 0.717) is 37.3 Å². The Labute approximate surface area is 189 Å². The number of halogens is 1. The highest BCUT2D eigenvalue weighted by Gasteiger charge is 2.33. The molecule has 1 aromatic carbocycles. The van der Waals surface area contributed by atoms with Gasteiger partial charge in [0.2, 0.25) is 11.9 Å². The van der Waals surface area contributed by atoms with Gasteiger partial charge in [-0.15, -0.1) is 0 Å². The van der Waals surface area contributed by atoms with Gasteiger partial charge in [0.1, 0.15) is 18.2 Å². The monoisotopic (exact) mass is 441 g/mol. The van der Waals surface area contributed by atoms with E-state index >= 15 is 0 Å². The highest BCUT2D eigenvalue weighted by atomic mass is 19.1. The summed E-state index contributed by atoms with van der Waals surface area (Å²) in [7, 11) is 0. The molecule has 0 radical (unpaired) electrons. The predicted octanol–water partition coefficient (Wildman–Crippen LogP) is 2.88. The second-order valence-corrected chi connectivity index (χ2v) is 8.58. The molecule has 1 amide bonds. The number of likely N-dealkylation sites (tertiary alicyclic amines) is 1. The van der Waals surface area contributed by atoms with Crippen molar-refractivity contribution >= 4 is 11.9 Å². The minimum atomic E-state index is -0.263. The Hall–Kier alpha value is -2.74. The molecule has 32 heavy (non-hydrogen) atoms. The molecule has 172 valence electrons. The number of benzene rings is 1. The molecule has 1 aromatic heterocycles. The number of carbonyl (C=O) groups is 1. The number of hydrogen-bond donors (Lipinski definition) is 1. The molecule has 4 rings (SSSR count). The average molecular weight is 442 g/mol. The van der Waals surface area contributed by atoms with Gasteiger partial charge in [0, 0.05) is 51.0 Å². The number of rotatable bonds is 10. The van der Waals surface area contributed by atoms with Gasteiger partial charge in [-0.2, -0.15) is 0 Å². The van der Waals surface area contributed by atoms with Crippen LogP contribution in [0.2, 0.25) is 0 Å². The standard InChI is InChI=1S/C24H32FN5O2/c25-20-4-7-22(8-5-20)32-16-14-26-13-10-21-6-9-23(31)30(21)18-19-3-1-15-29(17-19)24-27-11-2-12-28-24/h2,4-5,7-8,11-12,19,21,26H,1,3,6,9-10,13-18H2/t19-,21+/m1/s1. The van der Waals surface area contributed by atoms with E-state index in [1.807, 2.05) is 6.07 Å². The Kier molecular flexibility index (Phi) is 7.87. The molecule has 7 nitrogen and oxygen atoms in total. The number of anilines is 1. The molecule has 1 N–H and O–H groups in total. The number of nitrogens with zero attached hydrogens (tertiary/aromatic N) is 4. The van der Waals surface area contributed by atoms with E-state index < -0.39 is 0 Å². The number of amides is 1. The van der Waals surface area contributed by atoms with Gasteiger partial charge in [-0.1, -0.05) is 0 Å². The van der Waals surface area contributed by atoms with Gasteiger partial charge in [-0.25, -0.2) is 14.4 Å². The van der Waals surface area contributed by atoms with E-state index in [-0.39, 0.29) is 11.7 Å². The molecule has 0 aliphatic carbocycles. The summed E-state index contributed by atoms with van der Waals surface area (Å²) in [6.07, 6.45) is 8.33. The van der Waals surface area contributed by atoms with Crippen LogP contribution in [0.3, 0.4) is 0 Å². The van der Waals surface area contributed by atoms with Crippen LogP contribution in [0.15, 0.2) is 42.7 Å². The number of ether oxygens (including phenoxy) is 1. The second-order valence-electron chi connectivity index (χ2n) is 8.58. The molecule has 2 aliphatic rings. The Morgan fingerprint density at radius 2 is 1.94 bits per heavy atom. The van der Waals surface area contributed by atoms with Crippen molar-refractivity contribution in [2.45, 2.75) is 38.1 Å². The highest BCUT2D eigenvalue weighted by molar-refractivity contribution is 5.78. The van der Waals surface area contributed by atoms with Gasteiger partial charge in [-0.3, -0.25) is 4.79 Å². The summed E-state index contributed by atoms with van der Waals surface area (Å²) in [4.78, 5) is 25.7. The minimum Gasteiger partial charge on any atom is -0.492 e. The summed E-state index contributed by atoms with van der Waals surface area (Å²) in [6.45, 7) is 4.78. The van der Waals surface area contributed by atoms with E-state index in [2.05, 4.69) is 25.1 Å². The zero-order chi connectivity index (χ0) is 22.2. The molecular weight excluding hydrogens is 409 g/mol. The zero-order valence-corrected chi connectivity index (χ0v) is 18.5. The van der Waals surface area contributed by atoms with Gasteiger partial charge < -0.3 is 19.9 Å². The lowest BCUT2D eigenvalue weighted by molar-refractivity contribution is -0.129. The largest absolute Gasteiger partial charge is 0.492 e. The molecule has 2 aromatic rings. The maximum atomic E-state index is 12.9. The van der Waals surface area contributed by atoms with Gasteiger partial charge >= 0.3 is 0 Å². The lowest BCUT2D eigenvalue weighted by Gasteiger charge is -2.36. The topological polar surface area (TPSA) is 70.6 Å². The Bertz CT molecular complexity index is 851. The lowest BCUT2D eigenvalue weighted by Crippen LogP contribution is -2.44. The molecule has 0 saturated carbocycles. The minimum absolute atomic E-state index is 0.263. The molecule has 2 fully saturated rings. The molecule has 8 heteroatoms. The van der Waals surface area contributed by atoms with Crippen LogP contribution in [-0.4, -0.2) is 66.1 Å². The molecule has 0 bridgehead atoms. The fraction of sp³-hybridized carbons (Fsp3) is 0.542. The molecule has 0 unspecified atom stereocenters. The first kappa shape index (κ1) is 22.5. The van der Waals surface area contributed by atoms with Crippen molar-refractivity contribution in [3.8, 4) is 5.75 Å². The summed E-state index contributed by atoms with van der Waals surface area (Å²) >= 11 is 0. The van der Waals surface area contributed by atoms with Crippen LogP contribution in [0.1, 0.15) is 32.1 Å². The van der Waals surface area contributed by atoms with Crippen LogP contribution in [0.25, 0.3) is 0 Å². The predicted molar refractivity (Wildman–Crippen MR) is 121 cm³/mol. The van der Waals surface area contributed by atoms with Crippen molar-refractivity contribution < 1.29 is 13.9 Å². The van der Waals surface area contributed by atoms with E-state index in [9.17, 15) is 9.18 Å². The van der Waals surface area contributed by atoms with Gasteiger partial charge in [-0.05, 0) is 68.5 Å². The van der Waals surface area contributed by atoms with Gasteiger partial charge in [0.25, 0.3) is 0 Å². The number of nitrogens with one attached hydrogen (secondary N) is 1. The lowest BCUT2D eigenvalue weighted by atomic mass is 9.97. The molecule has 3 heterocycles. The molecule has 0 spiro atoms. The number of carbonyl (C=O) groups excluding carboxylic acids is 1. The Morgan fingerprint density at radius 3 is 2.75 bits per heavy atom. The van der Waals surface area contributed by atoms with Crippen LogP contribution in [0.5, 0.6) is 5.75 Å². The summed E-state index contributed by atoms with van der Waals surface area (Å²) in [5.74, 6) is 1.93. The number of aromatic nitrogens is 2. The fourth-order valence-electron chi connectivity index (χ4n) is 4.64. The fourth-order valence-corrected chi connectivity index (χ4v) is 4.64. The number of piperidine rings is 1. The van der Waals surface area contributed by atoms with Crippen molar-refractivity contribution in [3.05, 3.63) is 48.5 Å². The summed E-state index contributed by atoms with van der Waals surface area (Å²) < 4.78 is 18.5. The van der Waals surface area contributed by atoms with Crippen molar-refractivity contribution in [1.29, 1.82) is 0 Å². The third-order valence-electron chi connectivity index (χ3n) is 6.28. The normalized spacial score (nSPS) is 21.2. The SMILES string of the molecule is O=C1CC[C@@H](CCNCCOc2ccc(F)cc2)N1C[C@@H]1CCCN(c2ncccn2)C1. The summed E-state index contributed by atoms with van der Waals surface area (Å²) in [6, 6.07) is 8.19. The molecular formula is C24H32FN5O2. The van der Waals surface area contributed by atoms with E-state index in [1.165, 1.54) is 12.1 Å². The third-order valence-corrected chi connectivity index (χ3v) is 6.28. The zero-order valence-electron chi connectivity index (χ0n) is 18.5. The van der Waals surface area contributed by atoms with E-state index in [4.69, 9.17) is 4.74 Å². The van der Waals surface area contributed by atoms with Gasteiger partial charge in [0.05, 0.1) is 0 Å². The maximum Gasteiger partial charge on any atom is 0.225 e. The van der Waals surface area contributed by atoms with Crippen molar-refractivity contribution in [1.82, 2.24) is 20.2 Å². The highest BCUT2D eigenvalue weighted by Crippen LogP contribution is 2.26. The van der Waals surface area contributed by atoms with Gasteiger partial charge in [0.15, 0.2) is 0 Å². The first-order valence-electron chi connectivity index (χ1n) is 11.6. The van der Waals surface area contributed by atoms with Crippen LogP contribution < -0.4 is 15.0 Å². The number of hydrogen-bond acceptors (Lipinski definition) is 6. The van der Waals surface area contributed by atoms with Crippen molar-refractivity contribution in [3.63, 3.8) is 0 Å². The first-order valence-corrected chi connectivity index (χ1v) is 11.6. The van der Waals surface area contributed by atoms with E-state index in [0.717, 1.165) is 57.8 Å².